The van der Waals surface area contributed by atoms with Gasteiger partial charge in [0.1, 0.15) is 10.7 Å². The van der Waals surface area contributed by atoms with Gasteiger partial charge in [0, 0.05) is 22.1 Å². The Kier molecular flexibility index (Phi) is 7.47. The molecular weight excluding hydrogens is 531 g/mol. The summed E-state index contributed by atoms with van der Waals surface area (Å²) in [6.07, 6.45) is 1.60. The van der Waals surface area contributed by atoms with E-state index in [4.69, 9.17) is 39.5 Å². The number of halogens is 3. The van der Waals surface area contributed by atoms with Gasteiger partial charge in [0.15, 0.2) is 5.82 Å². The molecule has 2 aromatic heterocycles. The van der Waals surface area contributed by atoms with Crippen LogP contribution >= 0.6 is 46.6 Å². The molecule has 0 amide bonds. The third-order valence-corrected chi connectivity index (χ3v) is 7.06. The predicted octanol–water partition coefficient (Wildman–Crippen LogP) is 7.07. The van der Waals surface area contributed by atoms with Gasteiger partial charge in [-0.25, -0.2) is 9.78 Å². The highest BCUT2D eigenvalue weighted by Crippen LogP contribution is 2.34. The summed E-state index contributed by atoms with van der Waals surface area (Å²) in [5.74, 6) is -0.124. The molecule has 0 aliphatic heterocycles. The highest BCUT2D eigenvalue weighted by atomic mass is 35.5. The summed E-state index contributed by atoms with van der Waals surface area (Å²) in [7, 11) is 1.54. The van der Waals surface area contributed by atoms with Crippen LogP contribution in [-0.4, -0.2) is 37.9 Å². The highest BCUT2D eigenvalue weighted by Gasteiger charge is 2.18. The monoisotopic (exact) mass is 548 g/mol. The summed E-state index contributed by atoms with van der Waals surface area (Å²) in [6, 6.07) is 12.4. The molecule has 2 heterocycles. The number of H-pyrrole nitrogens is 1. The van der Waals surface area contributed by atoms with Gasteiger partial charge in [0.05, 0.1) is 22.7 Å². The predicted molar refractivity (Wildman–Crippen MR) is 140 cm³/mol. The van der Waals surface area contributed by atoms with Gasteiger partial charge in [-0.2, -0.15) is 0 Å². The first kappa shape index (κ1) is 25.2. The van der Waals surface area contributed by atoms with Crippen LogP contribution in [0.1, 0.15) is 17.0 Å². The van der Waals surface area contributed by atoms with Crippen molar-refractivity contribution in [2.45, 2.75) is 19.0 Å². The summed E-state index contributed by atoms with van der Waals surface area (Å²) in [4.78, 5) is 16.5. The van der Waals surface area contributed by atoms with Crippen LogP contribution in [0, 0.1) is 13.8 Å². The quantitative estimate of drug-likeness (QED) is 0.189. The Balaban J connectivity index is 1.67. The fraction of sp³-hybridized carbons (Fsp3) is 0.125. The number of carboxylic acid groups (broad SMARTS) is 1. The average Bonchev–Trinajstić information content (AvgIpc) is 3.39. The zero-order valence-electron chi connectivity index (χ0n) is 18.8. The lowest BCUT2D eigenvalue weighted by Gasteiger charge is -2.10. The summed E-state index contributed by atoms with van der Waals surface area (Å²) < 4.78 is 7.34. The third kappa shape index (κ3) is 5.36. The molecule has 0 saturated heterocycles. The van der Waals surface area contributed by atoms with Crippen molar-refractivity contribution in [3.05, 3.63) is 79.4 Å². The summed E-state index contributed by atoms with van der Waals surface area (Å²) in [5.41, 5.74) is 3.94. The number of hydrogen-bond acceptors (Lipinski definition) is 5. The maximum absolute atomic E-state index is 12.1. The molecule has 0 aliphatic carbocycles. The molecule has 0 unspecified atom stereocenters. The molecule has 0 fully saturated rings. The van der Waals surface area contributed by atoms with Crippen LogP contribution in [0.15, 0.2) is 52.5 Å². The Bertz CT molecular complexity index is 1460. The number of benzene rings is 2. The molecule has 2 aromatic carbocycles. The van der Waals surface area contributed by atoms with Crippen LogP contribution in [0.3, 0.4) is 0 Å². The molecule has 180 valence electrons. The number of nitrogens with one attached hydrogen (secondary N) is 1. The van der Waals surface area contributed by atoms with Crippen molar-refractivity contribution in [1.29, 1.82) is 0 Å². The summed E-state index contributed by atoms with van der Waals surface area (Å²) in [5, 5.41) is 18.5. The molecule has 0 aliphatic rings. The molecule has 0 radical (unpaired) electrons. The second kappa shape index (κ2) is 10.4. The van der Waals surface area contributed by atoms with Gasteiger partial charge in [0.25, 0.3) is 0 Å². The maximum Gasteiger partial charge on any atom is 0.342 e. The van der Waals surface area contributed by atoms with Gasteiger partial charge in [-0.3, -0.25) is 5.10 Å². The molecule has 0 saturated carbocycles. The normalized spacial score (nSPS) is 11.7. The van der Waals surface area contributed by atoms with E-state index in [0.29, 0.717) is 32.2 Å². The first-order valence-corrected chi connectivity index (χ1v) is 12.2. The number of aryl methyl sites for hydroxylation is 1. The Morgan fingerprint density at radius 2 is 1.89 bits per heavy atom. The van der Waals surface area contributed by atoms with E-state index in [9.17, 15) is 9.90 Å². The minimum Gasteiger partial charge on any atom is -0.496 e. The Morgan fingerprint density at radius 3 is 2.57 bits per heavy atom. The SMILES string of the molecule is COc1ccc(Cl)cc1-c1nc(S/C(=C\c2cc(C)n(-c3ccc(Cl)c(Cl)c3)c2C)C(=O)O)n[nH]1. The first-order valence-electron chi connectivity index (χ1n) is 10.2. The van der Waals surface area contributed by atoms with E-state index in [-0.39, 0.29) is 10.1 Å². The maximum atomic E-state index is 12.1. The van der Waals surface area contributed by atoms with Crippen molar-refractivity contribution in [3.8, 4) is 22.8 Å². The lowest BCUT2D eigenvalue weighted by atomic mass is 10.2. The van der Waals surface area contributed by atoms with Gasteiger partial charge in [0.2, 0.25) is 5.16 Å². The van der Waals surface area contributed by atoms with Gasteiger partial charge in [-0.15, -0.1) is 5.10 Å². The van der Waals surface area contributed by atoms with Crippen molar-refractivity contribution in [3.63, 3.8) is 0 Å². The number of methoxy groups -OCH3 is 1. The average molecular weight is 550 g/mol. The standard InChI is InChI=1S/C24H19Cl3N4O3S/c1-12-8-14(13(2)31(12)16-5-6-18(26)19(27)11-16)9-21(23(32)33)35-24-28-22(29-30-24)17-10-15(25)4-7-20(17)34-3/h4-11H,1-3H3,(H,32,33)(H,28,29,30)/b21-9-. The van der Waals surface area contributed by atoms with E-state index in [2.05, 4.69) is 15.2 Å². The molecule has 4 aromatic rings. The zero-order valence-corrected chi connectivity index (χ0v) is 21.9. The minimum absolute atomic E-state index is 0.0583. The van der Waals surface area contributed by atoms with Crippen molar-refractivity contribution >= 4 is 58.6 Å². The van der Waals surface area contributed by atoms with E-state index in [1.165, 1.54) is 0 Å². The van der Waals surface area contributed by atoms with Crippen LogP contribution in [0.25, 0.3) is 23.2 Å². The van der Waals surface area contributed by atoms with Crippen molar-refractivity contribution in [2.75, 3.05) is 7.11 Å². The fourth-order valence-electron chi connectivity index (χ4n) is 3.61. The molecule has 0 spiro atoms. The number of aromatic nitrogens is 4. The molecule has 4 rings (SSSR count). The number of carbonyl (C=O) groups is 1. The smallest absolute Gasteiger partial charge is 0.342 e. The Hall–Kier alpha value is -2.91. The van der Waals surface area contributed by atoms with Gasteiger partial charge >= 0.3 is 5.97 Å². The van der Waals surface area contributed by atoms with Crippen molar-refractivity contribution in [2.24, 2.45) is 0 Å². The number of carboxylic acids is 1. The molecule has 11 heteroatoms. The molecule has 35 heavy (non-hydrogen) atoms. The van der Waals surface area contributed by atoms with Crippen molar-refractivity contribution < 1.29 is 14.6 Å². The number of ether oxygens (including phenoxy) is 1. The number of thioether (sulfide) groups is 1. The lowest BCUT2D eigenvalue weighted by Crippen LogP contribution is -2.00. The number of aliphatic carboxylic acids is 1. The lowest BCUT2D eigenvalue weighted by molar-refractivity contribution is -0.131. The van der Waals surface area contributed by atoms with E-state index in [1.54, 1.807) is 43.5 Å². The zero-order chi connectivity index (χ0) is 25.3. The van der Waals surface area contributed by atoms with Crippen LogP contribution in [0.4, 0.5) is 0 Å². The first-order chi connectivity index (χ1) is 16.7. The second-order valence-corrected chi connectivity index (χ2v) is 9.75. The largest absolute Gasteiger partial charge is 0.496 e. The van der Waals surface area contributed by atoms with Crippen LogP contribution < -0.4 is 4.74 Å². The van der Waals surface area contributed by atoms with E-state index >= 15 is 0 Å². The third-order valence-electron chi connectivity index (χ3n) is 5.21. The minimum atomic E-state index is -1.10. The van der Waals surface area contributed by atoms with Crippen LogP contribution in [0.2, 0.25) is 15.1 Å². The second-order valence-electron chi connectivity index (χ2n) is 7.49. The van der Waals surface area contributed by atoms with Gasteiger partial charge < -0.3 is 14.4 Å². The van der Waals surface area contributed by atoms with Crippen LogP contribution in [-0.2, 0) is 4.79 Å². The topological polar surface area (TPSA) is 93.0 Å². The number of nitrogens with zero attached hydrogens (tertiary/aromatic N) is 3. The highest BCUT2D eigenvalue weighted by molar-refractivity contribution is 8.04. The fourth-order valence-corrected chi connectivity index (χ4v) is 4.77. The molecular formula is C24H19Cl3N4O3S. The van der Waals surface area contributed by atoms with E-state index in [0.717, 1.165) is 34.4 Å². The molecule has 7 nitrogen and oxygen atoms in total. The van der Waals surface area contributed by atoms with Crippen LogP contribution in [0.5, 0.6) is 5.75 Å². The Morgan fingerprint density at radius 1 is 1.11 bits per heavy atom. The molecule has 0 bridgehead atoms. The van der Waals surface area contributed by atoms with E-state index < -0.39 is 5.97 Å². The molecule has 2 N–H and O–H groups in total. The van der Waals surface area contributed by atoms with Crippen molar-refractivity contribution in [1.82, 2.24) is 19.7 Å². The summed E-state index contributed by atoms with van der Waals surface area (Å²) >= 11 is 19.3. The Labute approximate surface area is 220 Å². The summed E-state index contributed by atoms with van der Waals surface area (Å²) in [6.45, 7) is 3.84. The number of rotatable bonds is 7. The van der Waals surface area contributed by atoms with Gasteiger partial charge in [-0.1, -0.05) is 34.8 Å². The van der Waals surface area contributed by atoms with E-state index in [1.807, 2.05) is 30.5 Å². The van der Waals surface area contributed by atoms with Gasteiger partial charge in [-0.05, 0) is 79.7 Å². The number of hydrogen-bond donors (Lipinski definition) is 2. The number of aromatic amines is 1. The molecule has 0 atom stereocenters.